The molecular formula is C9H6BrF2NS. The Morgan fingerprint density at radius 3 is 2.64 bits per heavy atom. The zero-order chi connectivity index (χ0) is 10.3. The highest BCUT2D eigenvalue weighted by atomic mass is 79.9. The predicted molar refractivity (Wildman–Crippen MR) is 58.9 cm³/mol. The van der Waals surface area contributed by atoms with Gasteiger partial charge in [0.25, 0.3) is 6.43 Å². The summed E-state index contributed by atoms with van der Waals surface area (Å²) in [4.78, 5) is 0. The van der Waals surface area contributed by atoms with Gasteiger partial charge in [-0.3, -0.25) is 0 Å². The zero-order valence-electron chi connectivity index (χ0n) is 6.93. The summed E-state index contributed by atoms with van der Waals surface area (Å²) in [6.45, 7) is 0. The van der Waals surface area contributed by atoms with Crippen LogP contribution in [0, 0.1) is 0 Å². The van der Waals surface area contributed by atoms with Gasteiger partial charge in [-0.15, -0.1) is 11.3 Å². The Morgan fingerprint density at radius 2 is 2.00 bits per heavy atom. The molecule has 0 amide bonds. The zero-order valence-corrected chi connectivity index (χ0v) is 9.33. The number of halogens is 3. The summed E-state index contributed by atoms with van der Waals surface area (Å²) in [5.41, 5.74) is 5.91. The molecule has 1 aromatic heterocycles. The second-order valence-corrected chi connectivity index (χ2v) is 5.31. The third kappa shape index (κ3) is 1.62. The van der Waals surface area contributed by atoms with Crippen LogP contribution < -0.4 is 5.73 Å². The molecule has 0 saturated heterocycles. The standard InChI is InChI=1S/C9H6BrF2NS/c10-7-2-4-1-5(13)3-6(9(11)12)8(4)14-7/h1-3,9H,13H2. The van der Waals surface area contributed by atoms with Gasteiger partial charge in [0.05, 0.1) is 3.79 Å². The van der Waals surface area contributed by atoms with Crippen LogP contribution in [0.15, 0.2) is 22.0 Å². The third-order valence-corrected chi connectivity index (χ3v) is 3.58. The Hall–Kier alpha value is -0.680. The molecule has 0 unspecified atom stereocenters. The molecule has 0 saturated carbocycles. The summed E-state index contributed by atoms with van der Waals surface area (Å²) in [5, 5.41) is 0.761. The molecule has 0 fully saturated rings. The fourth-order valence-corrected chi connectivity index (χ4v) is 2.95. The third-order valence-electron chi connectivity index (χ3n) is 1.87. The van der Waals surface area contributed by atoms with Crippen molar-refractivity contribution in [1.29, 1.82) is 0 Å². The molecular weight excluding hydrogens is 272 g/mol. The molecule has 5 heteroatoms. The maximum Gasteiger partial charge on any atom is 0.265 e. The summed E-state index contributed by atoms with van der Waals surface area (Å²) < 4.78 is 26.7. The summed E-state index contributed by atoms with van der Waals surface area (Å²) in [6, 6.07) is 4.82. The molecule has 1 aromatic carbocycles. The summed E-state index contributed by atoms with van der Waals surface area (Å²) in [5.74, 6) is 0. The molecule has 1 heterocycles. The molecule has 0 atom stereocenters. The van der Waals surface area contributed by atoms with Crippen molar-refractivity contribution >= 4 is 43.0 Å². The second-order valence-electron chi connectivity index (χ2n) is 2.88. The van der Waals surface area contributed by atoms with E-state index in [9.17, 15) is 8.78 Å². The molecule has 2 aromatic rings. The summed E-state index contributed by atoms with van der Waals surface area (Å²) >= 11 is 4.56. The molecule has 0 aliphatic carbocycles. The Labute approximate surface area is 91.7 Å². The number of benzene rings is 1. The van der Waals surface area contributed by atoms with Crippen LogP contribution in [0.1, 0.15) is 12.0 Å². The lowest BCUT2D eigenvalue weighted by molar-refractivity contribution is 0.153. The molecule has 0 bridgehead atoms. The quantitative estimate of drug-likeness (QED) is 0.778. The fraction of sp³-hybridized carbons (Fsp3) is 0.111. The minimum atomic E-state index is -2.48. The Balaban J connectivity index is 2.79. The lowest BCUT2D eigenvalue weighted by Gasteiger charge is -2.02. The van der Waals surface area contributed by atoms with E-state index in [1.807, 2.05) is 0 Å². The van der Waals surface area contributed by atoms with E-state index in [4.69, 9.17) is 5.73 Å². The number of nitrogens with two attached hydrogens (primary N) is 1. The number of rotatable bonds is 1. The van der Waals surface area contributed by atoms with E-state index in [-0.39, 0.29) is 5.56 Å². The minimum Gasteiger partial charge on any atom is -0.399 e. The highest BCUT2D eigenvalue weighted by Gasteiger charge is 2.14. The lowest BCUT2D eigenvalue weighted by Crippen LogP contribution is -1.89. The summed E-state index contributed by atoms with van der Waals surface area (Å²) in [7, 11) is 0. The van der Waals surface area contributed by atoms with Crippen molar-refractivity contribution in [2.75, 3.05) is 5.73 Å². The van der Waals surface area contributed by atoms with Gasteiger partial charge in [-0.1, -0.05) is 0 Å². The van der Waals surface area contributed by atoms with E-state index in [0.717, 1.165) is 9.17 Å². The minimum absolute atomic E-state index is 0.00991. The first kappa shape index (κ1) is 9.86. The van der Waals surface area contributed by atoms with Crippen molar-refractivity contribution < 1.29 is 8.78 Å². The van der Waals surface area contributed by atoms with Crippen molar-refractivity contribution in [3.8, 4) is 0 Å². The van der Waals surface area contributed by atoms with Crippen molar-refractivity contribution in [1.82, 2.24) is 0 Å². The summed E-state index contributed by atoms with van der Waals surface area (Å²) in [6.07, 6.45) is -2.48. The van der Waals surface area contributed by atoms with Gasteiger partial charge in [0.2, 0.25) is 0 Å². The predicted octanol–water partition coefficient (Wildman–Crippen LogP) is 4.18. The van der Waals surface area contributed by atoms with Crippen LogP contribution in [0.5, 0.6) is 0 Å². The van der Waals surface area contributed by atoms with E-state index in [0.29, 0.717) is 10.4 Å². The molecule has 14 heavy (non-hydrogen) atoms. The van der Waals surface area contributed by atoms with E-state index < -0.39 is 6.43 Å². The first-order valence-corrected chi connectivity index (χ1v) is 5.45. The fourth-order valence-electron chi connectivity index (χ4n) is 1.33. The number of alkyl halides is 2. The van der Waals surface area contributed by atoms with Crippen LogP contribution in [0.25, 0.3) is 10.1 Å². The van der Waals surface area contributed by atoms with Gasteiger partial charge in [-0.25, -0.2) is 8.78 Å². The molecule has 2 N–H and O–H groups in total. The number of hydrogen-bond donors (Lipinski definition) is 1. The lowest BCUT2D eigenvalue weighted by atomic mass is 10.1. The van der Waals surface area contributed by atoms with E-state index in [1.54, 1.807) is 12.1 Å². The average molecular weight is 278 g/mol. The molecule has 2 rings (SSSR count). The topological polar surface area (TPSA) is 26.0 Å². The van der Waals surface area contributed by atoms with Crippen molar-refractivity contribution in [2.24, 2.45) is 0 Å². The van der Waals surface area contributed by atoms with Gasteiger partial charge in [0.15, 0.2) is 0 Å². The molecule has 0 radical (unpaired) electrons. The highest BCUT2D eigenvalue weighted by molar-refractivity contribution is 9.11. The SMILES string of the molecule is Nc1cc(C(F)F)c2sc(Br)cc2c1. The van der Waals surface area contributed by atoms with E-state index in [1.165, 1.54) is 17.4 Å². The maximum absolute atomic E-state index is 12.6. The first-order chi connectivity index (χ1) is 6.58. The average Bonchev–Trinajstić information content (AvgIpc) is 2.42. The number of hydrogen-bond acceptors (Lipinski definition) is 2. The monoisotopic (exact) mass is 277 g/mol. The van der Waals surface area contributed by atoms with Gasteiger partial charge in [0, 0.05) is 16.0 Å². The molecule has 0 spiro atoms. The van der Waals surface area contributed by atoms with Gasteiger partial charge in [-0.2, -0.15) is 0 Å². The van der Waals surface area contributed by atoms with Gasteiger partial charge >= 0.3 is 0 Å². The van der Waals surface area contributed by atoms with E-state index in [2.05, 4.69) is 15.9 Å². The first-order valence-electron chi connectivity index (χ1n) is 3.84. The van der Waals surface area contributed by atoms with Crippen molar-refractivity contribution in [2.45, 2.75) is 6.43 Å². The Kier molecular flexibility index (Phi) is 2.45. The number of thiophene rings is 1. The van der Waals surface area contributed by atoms with Crippen molar-refractivity contribution in [3.63, 3.8) is 0 Å². The number of nitrogen functional groups attached to an aromatic ring is 1. The molecule has 0 aliphatic rings. The van der Waals surface area contributed by atoms with Gasteiger partial charge in [0.1, 0.15) is 0 Å². The largest absolute Gasteiger partial charge is 0.399 e. The number of fused-ring (bicyclic) bond motifs is 1. The van der Waals surface area contributed by atoms with Gasteiger partial charge in [-0.05, 0) is 39.5 Å². The van der Waals surface area contributed by atoms with E-state index >= 15 is 0 Å². The van der Waals surface area contributed by atoms with Crippen LogP contribution in [-0.4, -0.2) is 0 Å². The normalized spacial score (nSPS) is 11.4. The molecule has 74 valence electrons. The van der Waals surface area contributed by atoms with Crippen LogP contribution in [0.2, 0.25) is 0 Å². The van der Waals surface area contributed by atoms with Crippen LogP contribution in [0.4, 0.5) is 14.5 Å². The molecule has 0 aliphatic heterocycles. The number of anilines is 1. The molecule has 1 nitrogen and oxygen atoms in total. The van der Waals surface area contributed by atoms with Gasteiger partial charge < -0.3 is 5.73 Å². The van der Waals surface area contributed by atoms with Crippen LogP contribution >= 0.6 is 27.3 Å². The highest BCUT2D eigenvalue weighted by Crippen LogP contribution is 2.37. The Bertz CT molecular complexity index is 481. The van der Waals surface area contributed by atoms with Crippen molar-refractivity contribution in [3.05, 3.63) is 27.5 Å². The Morgan fingerprint density at radius 1 is 1.29 bits per heavy atom. The maximum atomic E-state index is 12.6. The van der Waals surface area contributed by atoms with Crippen LogP contribution in [-0.2, 0) is 0 Å². The second kappa shape index (κ2) is 3.47. The smallest absolute Gasteiger partial charge is 0.265 e. The van der Waals surface area contributed by atoms with Crippen LogP contribution in [0.3, 0.4) is 0 Å².